The van der Waals surface area contributed by atoms with E-state index < -0.39 is 0 Å². The maximum absolute atomic E-state index is 3.94. The molecule has 1 N–H and O–H groups in total. The molecule has 14 heavy (non-hydrogen) atoms. The van der Waals surface area contributed by atoms with Gasteiger partial charge >= 0.3 is 0 Å². The summed E-state index contributed by atoms with van der Waals surface area (Å²) in [6.45, 7) is 0. The molecule has 1 aliphatic heterocycles. The van der Waals surface area contributed by atoms with Crippen molar-refractivity contribution in [2.75, 3.05) is 11.5 Å². The Labute approximate surface area is 91.4 Å². The second-order valence-electron chi connectivity index (χ2n) is 5.33. The molecule has 0 radical (unpaired) electrons. The first-order valence-electron chi connectivity index (χ1n) is 6.25. The van der Waals surface area contributed by atoms with Gasteiger partial charge in [-0.15, -0.1) is 0 Å². The van der Waals surface area contributed by atoms with Gasteiger partial charge in [-0.1, -0.05) is 6.42 Å². The van der Waals surface area contributed by atoms with Gasteiger partial charge in [0.2, 0.25) is 0 Å². The van der Waals surface area contributed by atoms with Crippen LogP contribution in [0.25, 0.3) is 0 Å². The van der Waals surface area contributed by atoms with Crippen LogP contribution in [0.15, 0.2) is 0 Å². The predicted molar refractivity (Wildman–Crippen MR) is 62.7 cm³/mol. The van der Waals surface area contributed by atoms with Crippen molar-refractivity contribution in [3.8, 4) is 0 Å². The second kappa shape index (κ2) is 4.05. The number of rotatable bonds is 2. The highest BCUT2D eigenvalue weighted by molar-refractivity contribution is 7.99. The molecule has 80 valence electrons. The van der Waals surface area contributed by atoms with Crippen molar-refractivity contribution in [1.29, 1.82) is 0 Å². The van der Waals surface area contributed by atoms with Crippen molar-refractivity contribution in [2.45, 2.75) is 50.6 Å². The molecule has 3 atom stereocenters. The van der Waals surface area contributed by atoms with E-state index in [1.165, 1.54) is 43.6 Å². The number of hydrogen-bond donors (Lipinski definition) is 1. The maximum atomic E-state index is 3.94. The topological polar surface area (TPSA) is 12.0 Å². The Morgan fingerprint density at radius 3 is 2.43 bits per heavy atom. The molecule has 2 heteroatoms. The molecule has 1 saturated heterocycles. The van der Waals surface area contributed by atoms with Gasteiger partial charge in [0, 0.05) is 12.1 Å². The molecule has 2 aliphatic carbocycles. The standard InChI is InChI=1S/C12H21NS/c1-2-10-7-9(1)8-12(10)13-11-3-5-14-6-4-11/h9-13H,1-8H2. The molecule has 1 heterocycles. The van der Waals surface area contributed by atoms with Crippen molar-refractivity contribution in [3.05, 3.63) is 0 Å². The summed E-state index contributed by atoms with van der Waals surface area (Å²) >= 11 is 2.13. The minimum absolute atomic E-state index is 0.862. The van der Waals surface area contributed by atoms with Crippen LogP contribution in [0.2, 0.25) is 0 Å². The highest BCUT2D eigenvalue weighted by atomic mass is 32.2. The summed E-state index contributed by atoms with van der Waals surface area (Å²) in [7, 11) is 0. The third-order valence-electron chi connectivity index (χ3n) is 4.41. The lowest BCUT2D eigenvalue weighted by molar-refractivity contribution is 0.309. The van der Waals surface area contributed by atoms with Crippen molar-refractivity contribution in [2.24, 2.45) is 11.8 Å². The van der Waals surface area contributed by atoms with E-state index >= 15 is 0 Å². The minimum atomic E-state index is 0.862. The second-order valence-corrected chi connectivity index (χ2v) is 6.56. The molecular formula is C12H21NS. The molecule has 0 aromatic rings. The smallest absolute Gasteiger partial charge is 0.0101 e. The van der Waals surface area contributed by atoms with E-state index in [0.717, 1.165) is 23.9 Å². The quantitative estimate of drug-likeness (QED) is 0.753. The highest BCUT2D eigenvalue weighted by Crippen LogP contribution is 2.44. The first-order valence-corrected chi connectivity index (χ1v) is 7.41. The van der Waals surface area contributed by atoms with Crippen LogP contribution in [0.3, 0.4) is 0 Å². The zero-order valence-electron chi connectivity index (χ0n) is 8.87. The zero-order valence-corrected chi connectivity index (χ0v) is 9.69. The number of hydrogen-bond acceptors (Lipinski definition) is 2. The van der Waals surface area contributed by atoms with Gasteiger partial charge in [0.05, 0.1) is 0 Å². The summed E-state index contributed by atoms with van der Waals surface area (Å²) < 4.78 is 0. The third kappa shape index (κ3) is 1.83. The van der Waals surface area contributed by atoms with Crippen LogP contribution in [-0.4, -0.2) is 23.6 Å². The van der Waals surface area contributed by atoms with Gasteiger partial charge in [-0.05, 0) is 55.4 Å². The van der Waals surface area contributed by atoms with Crippen LogP contribution < -0.4 is 5.32 Å². The summed E-state index contributed by atoms with van der Waals surface area (Å²) in [6, 6.07) is 1.77. The molecule has 2 saturated carbocycles. The first-order chi connectivity index (χ1) is 6.92. The fourth-order valence-electron chi connectivity index (χ4n) is 3.62. The molecule has 1 nitrogen and oxygen atoms in total. The molecule has 3 fully saturated rings. The normalized spacial score (nSPS) is 43.3. The minimum Gasteiger partial charge on any atom is -0.311 e. The lowest BCUT2D eigenvalue weighted by Crippen LogP contribution is -2.43. The van der Waals surface area contributed by atoms with Gasteiger partial charge in [-0.3, -0.25) is 0 Å². The van der Waals surface area contributed by atoms with E-state index in [0.29, 0.717) is 0 Å². The van der Waals surface area contributed by atoms with Crippen molar-refractivity contribution < 1.29 is 0 Å². The largest absolute Gasteiger partial charge is 0.311 e. The van der Waals surface area contributed by atoms with Gasteiger partial charge < -0.3 is 5.32 Å². The fourth-order valence-corrected chi connectivity index (χ4v) is 4.72. The Balaban J connectivity index is 1.52. The molecule has 0 amide bonds. The summed E-state index contributed by atoms with van der Waals surface area (Å²) in [5.74, 6) is 4.92. The van der Waals surface area contributed by atoms with Crippen LogP contribution in [-0.2, 0) is 0 Å². The lowest BCUT2D eigenvalue weighted by Gasteiger charge is -2.30. The molecular weight excluding hydrogens is 190 g/mol. The van der Waals surface area contributed by atoms with Gasteiger partial charge in [0.15, 0.2) is 0 Å². The molecule has 3 aliphatic rings. The van der Waals surface area contributed by atoms with E-state index in [-0.39, 0.29) is 0 Å². The summed E-state index contributed by atoms with van der Waals surface area (Å²) in [6.07, 6.45) is 8.91. The van der Waals surface area contributed by atoms with E-state index in [9.17, 15) is 0 Å². The van der Waals surface area contributed by atoms with Gasteiger partial charge in [0.25, 0.3) is 0 Å². The Kier molecular flexibility index (Phi) is 2.76. The highest BCUT2D eigenvalue weighted by Gasteiger charge is 2.39. The average Bonchev–Trinajstić information content (AvgIpc) is 2.81. The van der Waals surface area contributed by atoms with E-state index in [4.69, 9.17) is 0 Å². The molecule has 0 spiro atoms. The molecule has 0 aromatic carbocycles. The Morgan fingerprint density at radius 2 is 1.79 bits per heavy atom. The van der Waals surface area contributed by atoms with Gasteiger partial charge in [0.1, 0.15) is 0 Å². The van der Waals surface area contributed by atoms with Crippen LogP contribution in [0.5, 0.6) is 0 Å². The number of thioether (sulfide) groups is 1. The predicted octanol–water partition coefficient (Wildman–Crippen LogP) is 2.66. The fraction of sp³-hybridized carbons (Fsp3) is 1.00. The molecule has 3 rings (SSSR count). The van der Waals surface area contributed by atoms with Gasteiger partial charge in [-0.2, -0.15) is 11.8 Å². The SMILES string of the molecule is C1CC(NC2CC3CCC2C3)CCS1. The van der Waals surface area contributed by atoms with Crippen LogP contribution in [0.4, 0.5) is 0 Å². The summed E-state index contributed by atoms with van der Waals surface area (Å²) in [5.41, 5.74) is 0. The first kappa shape index (κ1) is 9.53. The van der Waals surface area contributed by atoms with Crippen LogP contribution in [0.1, 0.15) is 38.5 Å². The van der Waals surface area contributed by atoms with Crippen molar-refractivity contribution in [3.63, 3.8) is 0 Å². The number of fused-ring (bicyclic) bond motifs is 2. The Hall–Kier alpha value is 0.310. The van der Waals surface area contributed by atoms with Crippen LogP contribution >= 0.6 is 11.8 Å². The Morgan fingerprint density at radius 1 is 0.929 bits per heavy atom. The third-order valence-corrected chi connectivity index (χ3v) is 5.46. The zero-order chi connectivity index (χ0) is 9.38. The van der Waals surface area contributed by atoms with Crippen molar-refractivity contribution >= 4 is 11.8 Å². The van der Waals surface area contributed by atoms with E-state index in [1.54, 1.807) is 6.42 Å². The monoisotopic (exact) mass is 211 g/mol. The summed E-state index contributed by atoms with van der Waals surface area (Å²) in [4.78, 5) is 0. The van der Waals surface area contributed by atoms with Gasteiger partial charge in [-0.25, -0.2) is 0 Å². The van der Waals surface area contributed by atoms with Crippen LogP contribution in [0, 0.1) is 11.8 Å². The lowest BCUT2D eigenvalue weighted by atomic mass is 9.94. The van der Waals surface area contributed by atoms with E-state index in [2.05, 4.69) is 17.1 Å². The van der Waals surface area contributed by atoms with Crippen molar-refractivity contribution in [1.82, 2.24) is 5.32 Å². The van der Waals surface area contributed by atoms with E-state index in [1.807, 2.05) is 0 Å². The summed E-state index contributed by atoms with van der Waals surface area (Å²) in [5, 5.41) is 3.94. The average molecular weight is 211 g/mol. The molecule has 2 bridgehead atoms. The molecule has 0 aromatic heterocycles. The molecule has 3 unspecified atom stereocenters. The maximum Gasteiger partial charge on any atom is 0.0101 e. The number of nitrogens with one attached hydrogen (secondary N) is 1. The Bertz CT molecular complexity index is 200.